The second-order valence-corrected chi connectivity index (χ2v) is 9.61. The molecule has 27 heavy (non-hydrogen) atoms. The van der Waals surface area contributed by atoms with Crippen LogP contribution in [-0.2, 0) is 14.3 Å². The van der Waals surface area contributed by atoms with Gasteiger partial charge in [0, 0.05) is 24.9 Å². The van der Waals surface area contributed by atoms with Crippen LogP contribution in [0, 0.1) is 0 Å². The number of carbonyl (C=O) groups is 3. The molecule has 2 fully saturated rings. The SMILES string of the molecule is CC(C)(C)OC(=O)NC1(C(N)=O)CC2CCCC(C1)N2C(=O)OC(C)(C)C. The second kappa shape index (κ2) is 7.20. The van der Waals surface area contributed by atoms with Gasteiger partial charge in [-0.1, -0.05) is 0 Å². The lowest BCUT2D eigenvalue weighted by atomic mass is 9.73. The lowest BCUT2D eigenvalue weighted by Crippen LogP contribution is -2.69. The number of hydrogen-bond acceptors (Lipinski definition) is 5. The summed E-state index contributed by atoms with van der Waals surface area (Å²) in [6, 6.07) is -0.426. The summed E-state index contributed by atoms with van der Waals surface area (Å²) in [5, 5.41) is 2.71. The summed E-state index contributed by atoms with van der Waals surface area (Å²) in [5.41, 5.74) is 3.19. The fourth-order valence-corrected chi connectivity index (χ4v) is 3.93. The number of carbonyl (C=O) groups excluding carboxylic acids is 3. The lowest BCUT2D eigenvalue weighted by molar-refractivity contribution is -0.130. The van der Waals surface area contributed by atoms with Crippen LogP contribution in [-0.4, -0.2) is 51.8 Å². The minimum absolute atomic E-state index is 0.213. The Hall–Kier alpha value is -1.99. The van der Waals surface area contributed by atoms with E-state index >= 15 is 0 Å². The maximum absolute atomic E-state index is 12.7. The van der Waals surface area contributed by atoms with Gasteiger partial charge in [-0.15, -0.1) is 0 Å². The van der Waals surface area contributed by atoms with Crippen molar-refractivity contribution in [2.24, 2.45) is 5.73 Å². The Morgan fingerprint density at radius 2 is 1.44 bits per heavy atom. The molecule has 0 radical (unpaired) electrons. The molecule has 2 aliphatic heterocycles. The number of ether oxygens (including phenoxy) is 2. The van der Waals surface area contributed by atoms with E-state index < -0.39 is 28.7 Å². The highest BCUT2D eigenvalue weighted by Crippen LogP contribution is 2.40. The van der Waals surface area contributed by atoms with Gasteiger partial charge in [-0.3, -0.25) is 4.79 Å². The van der Waals surface area contributed by atoms with E-state index in [0.29, 0.717) is 0 Å². The minimum atomic E-state index is -1.23. The van der Waals surface area contributed by atoms with Crippen molar-refractivity contribution in [3.05, 3.63) is 0 Å². The smallest absolute Gasteiger partial charge is 0.410 e. The van der Waals surface area contributed by atoms with Crippen LogP contribution >= 0.6 is 0 Å². The molecule has 2 atom stereocenters. The number of nitrogens with one attached hydrogen (secondary N) is 1. The van der Waals surface area contributed by atoms with Crippen molar-refractivity contribution < 1.29 is 23.9 Å². The third kappa shape index (κ3) is 5.26. The average molecular weight is 383 g/mol. The number of hydrogen-bond donors (Lipinski definition) is 2. The van der Waals surface area contributed by atoms with E-state index in [4.69, 9.17) is 15.2 Å². The molecule has 8 nitrogen and oxygen atoms in total. The Labute approximate surface area is 161 Å². The van der Waals surface area contributed by atoms with Crippen LogP contribution in [0.25, 0.3) is 0 Å². The summed E-state index contributed by atoms with van der Waals surface area (Å²) < 4.78 is 10.9. The maximum Gasteiger partial charge on any atom is 0.410 e. The summed E-state index contributed by atoms with van der Waals surface area (Å²) in [6.45, 7) is 10.7. The van der Waals surface area contributed by atoms with Gasteiger partial charge in [-0.2, -0.15) is 0 Å². The predicted molar refractivity (Wildman–Crippen MR) is 100 cm³/mol. The molecule has 154 valence electrons. The number of nitrogens with two attached hydrogens (primary N) is 1. The first kappa shape index (κ1) is 21.3. The van der Waals surface area contributed by atoms with Gasteiger partial charge in [0.15, 0.2) is 0 Å². The highest BCUT2D eigenvalue weighted by molar-refractivity contribution is 5.89. The molecule has 2 saturated heterocycles. The molecule has 8 heteroatoms. The molecule has 2 aliphatic rings. The number of rotatable bonds is 2. The predicted octanol–water partition coefficient (Wildman–Crippen LogP) is 2.69. The molecule has 2 rings (SSSR count). The van der Waals surface area contributed by atoms with Gasteiger partial charge >= 0.3 is 12.2 Å². The molecular formula is C19H33N3O5. The number of piperidine rings is 2. The Morgan fingerprint density at radius 1 is 0.963 bits per heavy atom. The number of primary amides is 1. The molecule has 2 bridgehead atoms. The van der Waals surface area contributed by atoms with Crippen molar-refractivity contribution >= 4 is 18.1 Å². The first-order valence-electron chi connectivity index (χ1n) is 9.55. The topological polar surface area (TPSA) is 111 Å². The van der Waals surface area contributed by atoms with Crippen molar-refractivity contribution in [3.63, 3.8) is 0 Å². The van der Waals surface area contributed by atoms with E-state index in [2.05, 4.69) is 5.32 Å². The third-order valence-corrected chi connectivity index (χ3v) is 4.85. The molecule has 0 aromatic carbocycles. The molecular weight excluding hydrogens is 350 g/mol. The molecule has 3 amide bonds. The monoisotopic (exact) mass is 383 g/mol. The molecule has 0 aliphatic carbocycles. The Bertz CT molecular complexity index is 591. The van der Waals surface area contributed by atoms with Crippen LogP contribution in [0.15, 0.2) is 0 Å². The van der Waals surface area contributed by atoms with E-state index in [1.165, 1.54) is 0 Å². The maximum atomic E-state index is 12.7. The van der Waals surface area contributed by atoms with Gasteiger partial charge in [0.05, 0.1) is 0 Å². The van der Waals surface area contributed by atoms with Crippen molar-refractivity contribution in [2.45, 2.75) is 102 Å². The van der Waals surface area contributed by atoms with Crippen LogP contribution in [0.5, 0.6) is 0 Å². The van der Waals surface area contributed by atoms with Crippen molar-refractivity contribution in [2.75, 3.05) is 0 Å². The van der Waals surface area contributed by atoms with Crippen LogP contribution < -0.4 is 11.1 Å². The summed E-state index contributed by atoms with van der Waals surface area (Å²) >= 11 is 0. The molecule has 2 heterocycles. The fraction of sp³-hybridized carbons (Fsp3) is 0.842. The Kier molecular flexibility index (Phi) is 5.69. The summed E-state index contributed by atoms with van der Waals surface area (Å²) in [5.74, 6) is -0.603. The van der Waals surface area contributed by atoms with E-state index in [0.717, 1.165) is 19.3 Å². The summed E-state index contributed by atoms with van der Waals surface area (Å²) in [6.07, 6.45) is 1.89. The third-order valence-electron chi connectivity index (χ3n) is 4.85. The molecule has 2 unspecified atom stereocenters. The van der Waals surface area contributed by atoms with Crippen LogP contribution in [0.3, 0.4) is 0 Å². The van der Waals surface area contributed by atoms with Crippen molar-refractivity contribution in [3.8, 4) is 0 Å². The van der Waals surface area contributed by atoms with Crippen molar-refractivity contribution in [1.29, 1.82) is 0 Å². The lowest BCUT2D eigenvalue weighted by Gasteiger charge is -2.52. The quantitative estimate of drug-likeness (QED) is 0.761. The van der Waals surface area contributed by atoms with Gasteiger partial charge in [-0.25, -0.2) is 9.59 Å². The largest absolute Gasteiger partial charge is 0.444 e. The summed E-state index contributed by atoms with van der Waals surface area (Å²) in [4.78, 5) is 39.1. The zero-order chi connectivity index (χ0) is 20.6. The average Bonchev–Trinajstić information content (AvgIpc) is 2.41. The number of fused-ring (bicyclic) bond motifs is 2. The van der Waals surface area contributed by atoms with Gasteiger partial charge in [0.1, 0.15) is 16.7 Å². The van der Waals surface area contributed by atoms with E-state index in [-0.39, 0.29) is 31.0 Å². The van der Waals surface area contributed by atoms with Crippen LogP contribution in [0.2, 0.25) is 0 Å². The first-order valence-corrected chi connectivity index (χ1v) is 9.55. The van der Waals surface area contributed by atoms with Gasteiger partial charge < -0.3 is 25.4 Å². The highest BCUT2D eigenvalue weighted by atomic mass is 16.6. The zero-order valence-electron chi connectivity index (χ0n) is 17.3. The number of nitrogens with zero attached hydrogens (tertiary/aromatic N) is 1. The van der Waals surface area contributed by atoms with Gasteiger partial charge in [0.2, 0.25) is 5.91 Å². The molecule has 0 aromatic heterocycles. The Morgan fingerprint density at radius 3 is 1.85 bits per heavy atom. The standard InChI is InChI=1S/C19H33N3O5/c1-17(2,3)26-15(24)21-19(14(20)23)10-12-8-7-9-13(11-19)22(12)16(25)27-18(4,5)6/h12-13H,7-11H2,1-6H3,(H2,20,23)(H,21,24). The summed E-state index contributed by atoms with van der Waals surface area (Å²) in [7, 11) is 0. The van der Waals surface area contributed by atoms with Gasteiger partial charge in [-0.05, 0) is 60.8 Å². The molecule has 0 aromatic rings. The normalized spacial score (nSPS) is 28.3. The molecule has 0 saturated carbocycles. The first-order chi connectivity index (χ1) is 12.2. The number of amides is 3. The van der Waals surface area contributed by atoms with Gasteiger partial charge in [0.25, 0.3) is 0 Å². The minimum Gasteiger partial charge on any atom is -0.444 e. The van der Waals surface area contributed by atoms with Crippen molar-refractivity contribution in [1.82, 2.24) is 10.2 Å². The van der Waals surface area contributed by atoms with E-state index in [9.17, 15) is 14.4 Å². The second-order valence-electron chi connectivity index (χ2n) is 9.61. The van der Waals surface area contributed by atoms with E-state index in [1.54, 1.807) is 25.7 Å². The number of alkyl carbamates (subject to hydrolysis) is 1. The molecule has 3 N–H and O–H groups in total. The van der Waals surface area contributed by atoms with Crippen LogP contribution in [0.4, 0.5) is 9.59 Å². The van der Waals surface area contributed by atoms with Crippen LogP contribution in [0.1, 0.15) is 73.6 Å². The Balaban J connectivity index is 2.21. The van der Waals surface area contributed by atoms with E-state index in [1.807, 2.05) is 20.8 Å². The zero-order valence-corrected chi connectivity index (χ0v) is 17.3. The highest BCUT2D eigenvalue weighted by Gasteiger charge is 2.53. The fourth-order valence-electron chi connectivity index (χ4n) is 3.93. The molecule has 0 spiro atoms.